The molecule has 17 heavy (non-hydrogen) atoms. The fraction of sp³-hybridized carbons (Fsp3) is 0.571. The summed E-state index contributed by atoms with van der Waals surface area (Å²) in [5.74, 6) is 0. The van der Waals surface area contributed by atoms with Gasteiger partial charge in [-0.25, -0.2) is 8.78 Å². The lowest BCUT2D eigenvalue weighted by Gasteiger charge is -2.26. The SMILES string of the molecule is CCCC(C)(C)NCc1cccc(C(F)F)c1. The van der Waals surface area contributed by atoms with Crippen LogP contribution in [0.3, 0.4) is 0 Å². The summed E-state index contributed by atoms with van der Waals surface area (Å²) in [6.45, 7) is 7.04. The summed E-state index contributed by atoms with van der Waals surface area (Å²) < 4.78 is 25.0. The summed E-state index contributed by atoms with van der Waals surface area (Å²) in [7, 11) is 0. The molecule has 0 unspecified atom stereocenters. The van der Waals surface area contributed by atoms with Gasteiger partial charge in [0.15, 0.2) is 0 Å². The smallest absolute Gasteiger partial charge is 0.263 e. The van der Waals surface area contributed by atoms with Gasteiger partial charge in [0.1, 0.15) is 0 Å². The van der Waals surface area contributed by atoms with Crippen molar-refractivity contribution in [2.75, 3.05) is 0 Å². The van der Waals surface area contributed by atoms with Gasteiger partial charge in [-0.2, -0.15) is 0 Å². The molecule has 0 saturated heterocycles. The quantitative estimate of drug-likeness (QED) is 0.783. The van der Waals surface area contributed by atoms with Crippen LogP contribution in [0.1, 0.15) is 51.2 Å². The molecule has 0 aliphatic heterocycles. The normalized spacial score (nSPS) is 12.1. The first-order valence-corrected chi connectivity index (χ1v) is 6.06. The van der Waals surface area contributed by atoms with E-state index in [-0.39, 0.29) is 11.1 Å². The first kappa shape index (κ1) is 14.1. The molecule has 0 fully saturated rings. The molecular weight excluding hydrogens is 220 g/mol. The molecule has 0 radical (unpaired) electrons. The van der Waals surface area contributed by atoms with Crippen molar-refractivity contribution in [3.63, 3.8) is 0 Å². The summed E-state index contributed by atoms with van der Waals surface area (Å²) >= 11 is 0. The Hall–Kier alpha value is -0.960. The van der Waals surface area contributed by atoms with Crippen molar-refractivity contribution in [2.24, 2.45) is 0 Å². The topological polar surface area (TPSA) is 12.0 Å². The predicted molar refractivity (Wildman–Crippen MR) is 67.2 cm³/mol. The fourth-order valence-electron chi connectivity index (χ4n) is 1.89. The van der Waals surface area contributed by atoms with E-state index in [0.29, 0.717) is 6.54 Å². The van der Waals surface area contributed by atoms with Gasteiger partial charge in [0.25, 0.3) is 6.43 Å². The second kappa shape index (κ2) is 6.10. The molecule has 96 valence electrons. The number of hydrogen-bond donors (Lipinski definition) is 1. The van der Waals surface area contributed by atoms with Gasteiger partial charge < -0.3 is 5.32 Å². The van der Waals surface area contributed by atoms with Crippen LogP contribution in [0.15, 0.2) is 24.3 Å². The van der Waals surface area contributed by atoms with Gasteiger partial charge in [-0.1, -0.05) is 31.5 Å². The molecule has 0 aromatic heterocycles. The third-order valence-corrected chi connectivity index (χ3v) is 2.85. The monoisotopic (exact) mass is 241 g/mol. The van der Waals surface area contributed by atoms with E-state index in [1.165, 1.54) is 6.07 Å². The lowest BCUT2D eigenvalue weighted by Crippen LogP contribution is -2.38. The van der Waals surface area contributed by atoms with Crippen LogP contribution >= 0.6 is 0 Å². The molecule has 0 spiro atoms. The zero-order chi connectivity index (χ0) is 12.9. The highest BCUT2D eigenvalue weighted by Gasteiger charge is 2.15. The van der Waals surface area contributed by atoms with Crippen LogP contribution in [0, 0.1) is 0 Å². The summed E-state index contributed by atoms with van der Waals surface area (Å²) in [6.07, 6.45) is -0.211. The zero-order valence-corrected chi connectivity index (χ0v) is 10.8. The minimum absolute atomic E-state index is 0.0512. The fourth-order valence-corrected chi connectivity index (χ4v) is 1.89. The summed E-state index contributed by atoms with van der Waals surface area (Å²) in [6, 6.07) is 6.59. The molecule has 1 aromatic rings. The van der Waals surface area contributed by atoms with Crippen molar-refractivity contribution in [3.05, 3.63) is 35.4 Å². The average molecular weight is 241 g/mol. The number of hydrogen-bond acceptors (Lipinski definition) is 1. The molecule has 1 N–H and O–H groups in total. The molecule has 0 aliphatic rings. The van der Waals surface area contributed by atoms with E-state index < -0.39 is 6.43 Å². The van der Waals surface area contributed by atoms with Crippen molar-refractivity contribution in [2.45, 2.75) is 52.1 Å². The van der Waals surface area contributed by atoms with E-state index in [1.807, 2.05) is 6.07 Å². The Morgan fingerprint density at radius 1 is 1.29 bits per heavy atom. The summed E-state index contributed by atoms with van der Waals surface area (Å²) in [5.41, 5.74) is 1.06. The van der Waals surface area contributed by atoms with Gasteiger partial charge in [0.05, 0.1) is 0 Å². The van der Waals surface area contributed by atoms with Gasteiger partial charge in [-0.3, -0.25) is 0 Å². The highest BCUT2D eigenvalue weighted by molar-refractivity contribution is 5.24. The van der Waals surface area contributed by atoms with Gasteiger partial charge in [0.2, 0.25) is 0 Å². The third-order valence-electron chi connectivity index (χ3n) is 2.85. The molecule has 1 nitrogen and oxygen atoms in total. The van der Waals surface area contributed by atoms with Crippen LogP contribution in [0.2, 0.25) is 0 Å². The van der Waals surface area contributed by atoms with Crippen molar-refractivity contribution < 1.29 is 8.78 Å². The molecule has 1 aromatic carbocycles. The Kier molecular flexibility index (Phi) is 5.06. The summed E-state index contributed by atoms with van der Waals surface area (Å²) in [4.78, 5) is 0. The van der Waals surface area contributed by atoms with E-state index in [1.54, 1.807) is 12.1 Å². The second-order valence-electron chi connectivity index (χ2n) is 5.03. The maximum Gasteiger partial charge on any atom is 0.263 e. The van der Waals surface area contributed by atoms with E-state index in [4.69, 9.17) is 0 Å². The lowest BCUT2D eigenvalue weighted by atomic mass is 9.98. The summed E-state index contributed by atoms with van der Waals surface area (Å²) in [5, 5.41) is 3.40. The Morgan fingerprint density at radius 3 is 2.59 bits per heavy atom. The Morgan fingerprint density at radius 2 is 2.00 bits per heavy atom. The van der Waals surface area contributed by atoms with E-state index in [9.17, 15) is 8.78 Å². The van der Waals surface area contributed by atoms with Crippen LogP contribution in [0.5, 0.6) is 0 Å². The van der Waals surface area contributed by atoms with E-state index in [0.717, 1.165) is 18.4 Å². The number of rotatable bonds is 6. The van der Waals surface area contributed by atoms with Crippen molar-refractivity contribution >= 4 is 0 Å². The maximum absolute atomic E-state index is 12.5. The first-order chi connectivity index (χ1) is 7.94. The minimum Gasteiger partial charge on any atom is -0.308 e. The van der Waals surface area contributed by atoms with Gasteiger partial charge in [0, 0.05) is 17.6 Å². The molecule has 0 heterocycles. The molecule has 0 bridgehead atoms. The third kappa shape index (κ3) is 4.82. The second-order valence-corrected chi connectivity index (χ2v) is 5.03. The van der Waals surface area contributed by atoms with Crippen LogP contribution in [0.25, 0.3) is 0 Å². The molecule has 1 rings (SSSR count). The number of halogens is 2. The maximum atomic E-state index is 12.5. The van der Waals surface area contributed by atoms with Gasteiger partial charge in [-0.05, 0) is 31.9 Å². The highest BCUT2D eigenvalue weighted by atomic mass is 19.3. The minimum atomic E-state index is -2.39. The largest absolute Gasteiger partial charge is 0.308 e. The van der Waals surface area contributed by atoms with Crippen LogP contribution in [-0.4, -0.2) is 5.54 Å². The van der Waals surface area contributed by atoms with Gasteiger partial charge >= 0.3 is 0 Å². The van der Waals surface area contributed by atoms with E-state index in [2.05, 4.69) is 26.1 Å². The molecule has 0 aliphatic carbocycles. The Balaban J connectivity index is 2.60. The highest BCUT2D eigenvalue weighted by Crippen LogP contribution is 2.20. The van der Waals surface area contributed by atoms with Crippen molar-refractivity contribution in [1.82, 2.24) is 5.32 Å². The van der Waals surface area contributed by atoms with Crippen LogP contribution in [0.4, 0.5) is 8.78 Å². The molecule has 0 saturated carbocycles. The predicted octanol–water partition coefficient (Wildman–Crippen LogP) is 4.29. The number of alkyl halides is 2. The first-order valence-electron chi connectivity index (χ1n) is 6.06. The lowest BCUT2D eigenvalue weighted by molar-refractivity contribution is 0.151. The van der Waals surface area contributed by atoms with Crippen molar-refractivity contribution in [3.8, 4) is 0 Å². The van der Waals surface area contributed by atoms with E-state index >= 15 is 0 Å². The molecule has 0 atom stereocenters. The number of benzene rings is 1. The van der Waals surface area contributed by atoms with Crippen molar-refractivity contribution in [1.29, 1.82) is 0 Å². The Bertz CT molecular complexity index is 348. The van der Waals surface area contributed by atoms with Crippen LogP contribution < -0.4 is 5.32 Å². The number of nitrogens with one attached hydrogen (secondary N) is 1. The average Bonchev–Trinajstić information content (AvgIpc) is 2.27. The molecule has 3 heteroatoms. The van der Waals surface area contributed by atoms with Crippen LogP contribution in [-0.2, 0) is 6.54 Å². The Labute approximate surface area is 102 Å². The molecular formula is C14H21F2N. The van der Waals surface area contributed by atoms with Gasteiger partial charge in [-0.15, -0.1) is 0 Å². The molecule has 0 amide bonds. The standard InChI is InChI=1S/C14H21F2N/c1-4-8-14(2,3)17-10-11-6-5-7-12(9-11)13(15)16/h5-7,9,13,17H,4,8,10H2,1-3H3. The zero-order valence-electron chi connectivity index (χ0n) is 10.8.